The molecule has 2 aromatic carbocycles. The zero-order valence-electron chi connectivity index (χ0n) is 22.3. The summed E-state index contributed by atoms with van der Waals surface area (Å²) in [6.45, 7) is 7.02. The number of phenols is 1. The molecule has 3 N–H and O–H groups in total. The van der Waals surface area contributed by atoms with Crippen molar-refractivity contribution in [1.29, 1.82) is 0 Å². The molecule has 2 heterocycles. The predicted octanol–water partition coefficient (Wildman–Crippen LogP) is 4.48. The van der Waals surface area contributed by atoms with Crippen LogP contribution in [0.1, 0.15) is 64.5 Å². The van der Waals surface area contributed by atoms with E-state index < -0.39 is 0 Å². The molecule has 0 radical (unpaired) electrons. The molecular weight excluding hydrogens is 474 g/mol. The van der Waals surface area contributed by atoms with Crippen molar-refractivity contribution in [3.8, 4) is 5.75 Å². The third-order valence-electron chi connectivity index (χ3n) is 9.35. The highest BCUT2D eigenvalue weighted by molar-refractivity contribution is 5.94. The molecule has 198 valence electrons. The molecule has 38 heavy (non-hydrogen) atoms. The lowest BCUT2D eigenvalue weighted by atomic mass is 9.55. The number of aromatic amines is 1. The van der Waals surface area contributed by atoms with E-state index in [4.69, 9.17) is 0 Å². The lowest BCUT2D eigenvalue weighted by Crippen LogP contribution is -2.59. The van der Waals surface area contributed by atoms with Crippen LogP contribution in [0.15, 0.2) is 59.4 Å². The summed E-state index contributed by atoms with van der Waals surface area (Å²) in [4.78, 5) is 32.0. The largest absolute Gasteiger partial charge is 0.508 e. The van der Waals surface area contributed by atoms with E-state index in [9.17, 15) is 14.7 Å². The summed E-state index contributed by atoms with van der Waals surface area (Å²) in [5.74, 6) is 1.08. The maximum atomic E-state index is 13.1. The van der Waals surface area contributed by atoms with Crippen LogP contribution in [0.25, 0.3) is 0 Å². The first-order valence-electron chi connectivity index (χ1n) is 14.0. The van der Waals surface area contributed by atoms with Crippen molar-refractivity contribution in [2.45, 2.75) is 64.0 Å². The van der Waals surface area contributed by atoms with Crippen LogP contribution >= 0.6 is 0 Å². The number of H-pyrrole nitrogens is 1. The van der Waals surface area contributed by atoms with E-state index in [2.05, 4.69) is 29.0 Å². The Labute approximate surface area is 224 Å². The fourth-order valence-corrected chi connectivity index (χ4v) is 7.05. The van der Waals surface area contributed by atoms with Crippen LogP contribution in [-0.4, -0.2) is 40.0 Å². The highest BCUT2D eigenvalue weighted by Crippen LogP contribution is 2.51. The van der Waals surface area contributed by atoms with Gasteiger partial charge in [-0.05, 0) is 105 Å². The number of amides is 1. The van der Waals surface area contributed by atoms with Crippen LogP contribution in [0.3, 0.4) is 0 Å². The van der Waals surface area contributed by atoms with Crippen LogP contribution in [0.4, 0.5) is 0 Å². The Hall–Kier alpha value is -3.38. The number of carbonyl (C=O) groups is 1. The summed E-state index contributed by atoms with van der Waals surface area (Å²) in [7, 11) is 0. The van der Waals surface area contributed by atoms with E-state index in [-0.39, 0.29) is 28.2 Å². The Morgan fingerprint density at radius 2 is 1.95 bits per heavy atom. The summed E-state index contributed by atoms with van der Waals surface area (Å²) < 4.78 is 0. The standard InChI is InChI=1S/C32H37N3O3/c1-20-8-11-25(36)16-27(20)32-12-13-35(19-23-9-10-23)21(2)28(32)15-24-14-26(31(38)34-29(24)17-32)30(37)33-18-22-6-4-3-5-7-22/h3-8,11,14,16,21,23,28,36H,9-10,12-13,15,17-19H2,1-2H3,(H,33,37)(H,34,38). The van der Waals surface area contributed by atoms with E-state index in [1.165, 1.54) is 24.0 Å². The average Bonchev–Trinajstić information content (AvgIpc) is 3.74. The van der Waals surface area contributed by atoms with Gasteiger partial charge >= 0.3 is 0 Å². The molecule has 6 heteroatoms. The number of likely N-dealkylation sites (tertiary alicyclic amines) is 1. The molecule has 0 spiro atoms. The summed E-state index contributed by atoms with van der Waals surface area (Å²) in [5.41, 5.74) is 5.02. The first-order valence-corrected chi connectivity index (χ1v) is 14.0. The second-order valence-electron chi connectivity index (χ2n) is 11.8. The van der Waals surface area contributed by atoms with Gasteiger partial charge in [-0.2, -0.15) is 0 Å². The Morgan fingerprint density at radius 1 is 1.16 bits per heavy atom. The maximum Gasteiger partial charge on any atom is 0.261 e. The van der Waals surface area contributed by atoms with Crippen molar-refractivity contribution in [3.05, 3.63) is 98.5 Å². The van der Waals surface area contributed by atoms with Crippen molar-refractivity contribution in [3.63, 3.8) is 0 Å². The molecule has 1 saturated carbocycles. The van der Waals surface area contributed by atoms with E-state index in [1.54, 1.807) is 6.07 Å². The molecule has 3 atom stereocenters. The molecule has 1 amide bonds. The molecule has 1 saturated heterocycles. The number of aryl methyl sites for hydroxylation is 1. The maximum absolute atomic E-state index is 13.1. The van der Waals surface area contributed by atoms with Crippen molar-refractivity contribution in [2.75, 3.05) is 13.1 Å². The number of phenolic OH excluding ortho intramolecular Hbond substituents is 1. The Kier molecular flexibility index (Phi) is 6.39. The molecule has 3 aromatic rings. The van der Waals surface area contributed by atoms with Crippen LogP contribution in [0.2, 0.25) is 0 Å². The molecular formula is C32H37N3O3. The van der Waals surface area contributed by atoms with Crippen LogP contribution in [0, 0.1) is 18.8 Å². The van der Waals surface area contributed by atoms with E-state index in [0.29, 0.717) is 24.9 Å². The highest BCUT2D eigenvalue weighted by Gasteiger charge is 2.51. The Balaban J connectivity index is 1.35. The van der Waals surface area contributed by atoms with Gasteiger partial charge in [-0.15, -0.1) is 0 Å². The topological polar surface area (TPSA) is 85.4 Å². The molecule has 6 nitrogen and oxygen atoms in total. The lowest BCUT2D eigenvalue weighted by Gasteiger charge is -2.55. The van der Waals surface area contributed by atoms with Gasteiger partial charge in [-0.25, -0.2) is 0 Å². The van der Waals surface area contributed by atoms with Crippen molar-refractivity contribution < 1.29 is 9.90 Å². The molecule has 2 fully saturated rings. The molecule has 3 unspecified atom stereocenters. The molecule has 0 bridgehead atoms. The Morgan fingerprint density at radius 3 is 2.71 bits per heavy atom. The van der Waals surface area contributed by atoms with Crippen molar-refractivity contribution in [2.24, 2.45) is 11.8 Å². The van der Waals surface area contributed by atoms with Crippen LogP contribution in [-0.2, 0) is 24.8 Å². The fraction of sp³-hybridized carbons (Fsp3) is 0.438. The molecule has 2 aliphatic carbocycles. The molecule has 3 aliphatic rings. The highest BCUT2D eigenvalue weighted by atomic mass is 16.3. The van der Waals surface area contributed by atoms with Gasteiger partial charge in [-0.1, -0.05) is 36.4 Å². The fourth-order valence-electron chi connectivity index (χ4n) is 7.05. The molecule has 6 rings (SSSR count). The normalized spacial score (nSPS) is 24.9. The summed E-state index contributed by atoms with van der Waals surface area (Å²) >= 11 is 0. The lowest BCUT2D eigenvalue weighted by molar-refractivity contribution is 0.0246. The van der Waals surface area contributed by atoms with Gasteiger partial charge in [0.05, 0.1) is 0 Å². The second kappa shape index (κ2) is 9.73. The van der Waals surface area contributed by atoms with E-state index in [1.807, 2.05) is 48.5 Å². The van der Waals surface area contributed by atoms with Gasteiger partial charge in [0.25, 0.3) is 11.5 Å². The summed E-state index contributed by atoms with van der Waals surface area (Å²) in [6.07, 6.45) is 5.15. The number of aromatic hydroxyl groups is 1. The van der Waals surface area contributed by atoms with Gasteiger partial charge in [0, 0.05) is 30.2 Å². The minimum absolute atomic E-state index is 0.171. The van der Waals surface area contributed by atoms with Crippen LogP contribution < -0.4 is 10.9 Å². The number of fused-ring (bicyclic) bond motifs is 2. The minimum Gasteiger partial charge on any atom is -0.508 e. The quantitative estimate of drug-likeness (QED) is 0.456. The smallest absolute Gasteiger partial charge is 0.261 e. The summed E-state index contributed by atoms with van der Waals surface area (Å²) in [5, 5.41) is 13.4. The number of nitrogens with one attached hydrogen (secondary N) is 2. The first-order chi connectivity index (χ1) is 18.3. The number of hydrogen-bond donors (Lipinski definition) is 3. The van der Waals surface area contributed by atoms with E-state index in [0.717, 1.165) is 48.7 Å². The zero-order valence-corrected chi connectivity index (χ0v) is 22.3. The third-order valence-corrected chi connectivity index (χ3v) is 9.35. The van der Waals surface area contributed by atoms with Crippen molar-refractivity contribution in [1.82, 2.24) is 15.2 Å². The third kappa shape index (κ3) is 4.55. The number of hydrogen-bond acceptors (Lipinski definition) is 4. The van der Waals surface area contributed by atoms with E-state index >= 15 is 0 Å². The predicted molar refractivity (Wildman–Crippen MR) is 148 cm³/mol. The average molecular weight is 512 g/mol. The number of benzene rings is 2. The molecule has 1 aromatic heterocycles. The number of nitrogens with zero attached hydrogens (tertiary/aromatic N) is 1. The number of rotatable bonds is 6. The minimum atomic E-state index is -0.342. The Bertz CT molecular complexity index is 1410. The number of carbonyl (C=O) groups excluding carboxylic acids is 1. The SMILES string of the molecule is Cc1ccc(O)cc1C12CCN(CC3CC3)C(C)C1Cc1cc(C(=O)NCc3ccccc3)c(=O)[nH]c1C2. The number of piperidine rings is 1. The number of pyridine rings is 1. The van der Waals surface area contributed by atoms with Crippen molar-refractivity contribution >= 4 is 5.91 Å². The second-order valence-corrected chi connectivity index (χ2v) is 11.8. The monoisotopic (exact) mass is 511 g/mol. The van der Waals surface area contributed by atoms with Crippen LogP contribution in [0.5, 0.6) is 5.75 Å². The molecule has 1 aliphatic heterocycles. The number of aromatic nitrogens is 1. The van der Waals surface area contributed by atoms with Gasteiger partial charge < -0.3 is 20.3 Å². The van der Waals surface area contributed by atoms with Gasteiger partial charge in [-0.3, -0.25) is 9.59 Å². The van der Waals surface area contributed by atoms with Gasteiger partial charge in [0.2, 0.25) is 0 Å². The van der Waals surface area contributed by atoms with Gasteiger partial charge in [0.1, 0.15) is 11.3 Å². The first kappa shape index (κ1) is 24.9. The van der Waals surface area contributed by atoms with Gasteiger partial charge in [0.15, 0.2) is 0 Å². The summed E-state index contributed by atoms with van der Waals surface area (Å²) in [6, 6.07) is 17.6. The zero-order chi connectivity index (χ0) is 26.4.